The number of nitrogens with zero attached hydrogens (tertiary/aromatic N) is 4. The van der Waals surface area contributed by atoms with Gasteiger partial charge in [0, 0.05) is 35.1 Å². The molecule has 316 valence electrons. The number of guanidine groups is 2. The number of imide groups is 2. The van der Waals surface area contributed by atoms with Crippen molar-refractivity contribution < 1.29 is 60.5 Å². The summed E-state index contributed by atoms with van der Waals surface area (Å²) in [5.41, 5.74) is 22.9. The number of halogens is 8. The number of amides is 4. The van der Waals surface area contributed by atoms with Crippen LogP contribution in [-0.2, 0) is 37.4 Å². The highest BCUT2D eigenvalue weighted by Gasteiger charge is 2.57. The highest BCUT2D eigenvalue weighted by Crippen LogP contribution is 2.39. The molecule has 0 bridgehead atoms. The van der Waals surface area contributed by atoms with Gasteiger partial charge in [-0.25, -0.2) is 14.4 Å². The molecule has 2 aromatic carbocycles. The summed E-state index contributed by atoms with van der Waals surface area (Å²) in [5.74, 6) is -6.78. The van der Waals surface area contributed by atoms with Crippen LogP contribution in [0.5, 0.6) is 0 Å². The van der Waals surface area contributed by atoms with Crippen molar-refractivity contribution >= 4 is 73.6 Å². The van der Waals surface area contributed by atoms with Crippen LogP contribution >= 0.6 is 31.9 Å². The number of benzene rings is 2. The van der Waals surface area contributed by atoms with E-state index in [0.29, 0.717) is 12.8 Å². The van der Waals surface area contributed by atoms with E-state index in [1.165, 1.54) is 0 Å². The lowest BCUT2D eigenvalue weighted by molar-refractivity contribution is -0.193. The van der Waals surface area contributed by atoms with Gasteiger partial charge in [0.1, 0.15) is 5.41 Å². The van der Waals surface area contributed by atoms with E-state index in [1.54, 1.807) is 0 Å². The number of nitrogens with two attached hydrogens (primary N) is 4. The lowest BCUT2D eigenvalue weighted by Crippen LogP contribution is -2.66. The molecule has 0 atom stereocenters. The average molecular weight is 949 g/mol. The van der Waals surface area contributed by atoms with Crippen molar-refractivity contribution in [1.29, 1.82) is 0 Å². The predicted octanol–water partition coefficient (Wildman–Crippen LogP) is 4.67. The van der Waals surface area contributed by atoms with Crippen molar-refractivity contribution in [3.05, 3.63) is 68.1 Å². The van der Waals surface area contributed by atoms with Crippen molar-refractivity contribution in [2.24, 2.45) is 38.3 Å². The molecule has 15 nitrogen and oxygen atoms in total. The van der Waals surface area contributed by atoms with Gasteiger partial charge >= 0.3 is 30.3 Å². The number of barbiturate groups is 1. The molecule has 57 heavy (non-hydrogen) atoms. The molecule has 23 heteroatoms. The van der Waals surface area contributed by atoms with E-state index < -0.39 is 47.6 Å². The number of carbonyl (C=O) groups is 5. The Morgan fingerprint density at radius 2 is 1.04 bits per heavy atom. The third-order valence-electron chi connectivity index (χ3n) is 7.68. The second-order valence-corrected chi connectivity index (χ2v) is 15.1. The normalized spacial score (nSPS) is 14.1. The van der Waals surface area contributed by atoms with Gasteiger partial charge in [-0.1, -0.05) is 76.9 Å². The standard InChI is InChI=1S/C30H40Br2N8O3.2C2HF3O2/c1-29(2,3)21-8-6-19(7-9-21)17-30(18-20-14-22(31)16-23(32)15-20)24(41)39(12-4-10-37-26(33)34)28(43)40(25(30)42)13-5-11-38-27(35)36;2*3-2(4,5)1(6)7/h6-9,14-16H,4-5,10-13,17-18H2,1-3H3,(H4,33,34,37)(H4,35,36,38);2*(H,6,7). The van der Waals surface area contributed by atoms with Crippen molar-refractivity contribution in [2.45, 2.75) is 64.2 Å². The van der Waals surface area contributed by atoms with E-state index in [9.17, 15) is 40.7 Å². The maximum atomic E-state index is 14.5. The summed E-state index contributed by atoms with van der Waals surface area (Å²) in [6.07, 6.45) is -9.35. The van der Waals surface area contributed by atoms with E-state index in [0.717, 1.165) is 35.4 Å². The monoisotopic (exact) mass is 946 g/mol. The topological polar surface area (TPSA) is 261 Å². The first kappa shape index (κ1) is 50.1. The van der Waals surface area contributed by atoms with Gasteiger partial charge in [0.2, 0.25) is 11.8 Å². The van der Waals surface area contributed by atoms with Gasteiger partial charge in [0.15, 0.2) is 11.9 Å². The minimum absolute atomic E-state index is 0.0407. The summed E-state index contributed by atoms with van der Waals surface area (Å²) < 4.78 is 65.0. The quantitative estimate of drug-likeness (QED) is 0.0560. The van der Waals surface area contributed by atoms with Crippen molar-refractivity contribution in [2.75, 3.05) is 26.2 Å². The number of rotatable bonds is 12. The first-order chi connectivity index (χ1) is 26.0. The number of aliphatic imine (C=N–C) groups is 2. The maximum Gasteiger partial charge on any atom is 0.490 e. The average Bonchev–Trinajstić information content (AvgIpc) is 3.05. The molecule has 4 amide bonds. The van der Waals surface area contributed by atoms with Crippen molar-refractivity contribution in [3.8, 4) is 0 Å². The van der Waals surface area contributed by atoms with Crippen molar-refractivity contribution in [3.63, 3.8) is 0 Å². The van der Waals surface area contributed by atoms with Crippen molar-refractivity contribution in [1.82, 2.24) is 9.80 Å². The number of carboxylic acids is 2. The molecule has 0 aromatic heterocycles. The van der Waals surface area contributed by atoms with E-state index in [1.807, 2.05) is 42.5 Å². The SMILES string of the molecule is CC(C)(C)c1ccc(CC2(Cc3cc(Br)cc(Br)c3)C(=O)N(CCCN=C(N)N)C(=O)N(CCCN=C(N)N)C2=O)cc1.O=C(O)C(F)(F)F.O=C(O)C(F)(F)F. The largest absolute Gasteiger partial charge is 0.490 e. The third-order valence-corrected chi connectivity index (χ3v) is 8.59. The van der Waals surface area contributed by atoms with Crippen LogP contribution in [0.15, 0.2) is 61.4 Å². The maximum absolute atomic E-state index is 14.5. The molecule has 1 aliphatic heterocycles. The first-order valence-corrected chi connectivity index (χ1v) is 18.0. The second-order valence-electron chi connectivity index (χ2n) is 13.3. The highest BCUT2D eigenvalue weighted by molar-refractivity contribution is 9.11. The van der Waals surface area contributed by atoms with Crippen LogP contribution in [0, 0.1) is 5.41 Å². The smallest absolute Gasteiger partial charge is 0.475 e. The Morgan fingerprint density at radius 1 is 0.684 bits per heavy atom. The summed E-state index contributed by atoms with van der Waals surface area (Å²) in [7, 11) is 0. The lowest BCUT2D eigenvalue weighted by atomic mass is 9.72. The highest BCUT2D eigenvalue weighted by atomic mass is 79.9. The number of urea groups is 1. The summed E-state index contributed by atoms with van der Waals surface area (Å²) in [6.45, 7) is 6.88. The fraction of sp³-hybridized carbons (Fsp3) is 0.441. The van der Waals surface area contributed by atoms with Crippen LogP contribution < -0.4 is 22.9 Å². The molecule has 0 spiro atoms. The number of carbonyl (C=O) groups excluding carboxylic acids is 3. The van der Waals surface area contributed by atoms with Gasteiger partial charge in [-0.3, -0.25) is 29.4 Å². The molecule has 10 N–H and O–H groups in total. The first-order valence-electron chi connectivity index (χ1n) is 16.5. The minimum atomic E-state index is -5.08. The molecule has 2 aromatic rings. The molecule has 1 saturated heterocycles. The molecule has 0 unspecified atom stereocenters. The van der Waals surface area contributed by atoms with Gasteiger partial charge in [-0.2, -0.15) is 26.3 Å². The van der Waals surface area contributed by atoms with E-state index >= 15 is 0 Å². The zero-order valence-electron chi connectivity index (χ0n) is 30.8. The van der Waals surface area contributed by atoms with Crippen LogP contribution in [0.2, 0.25) is 0 Å². The second kappa shape index (κ2) is 21.0. The van der Waals surface area contributed by atoms with E-state index in [2.05, 4.69) is 62.6 Å². The zero-order chi connectivity index (χ0) is 44.1. The zero-order valence-corrected chi connectivity index (χ0v) is 33.9. The molecule has 1 heterocycles. The molecule has 0 saturated carbocycles. The Kier molecular flexibility index (Phi) is 18.5. The lowest BCUT2D eigenvalue weighted by Gasteiger charge is -2.44. The third kappa shape index (κ3) is 16.2. The molecule has 0 radical (unpaired) electrons. The molecule has 0 aliphatic carbocycles. The molecule has 1 aliphatic rings. The fourth-order valence-corrected chi connectivity index (χ4v) is 6.48. The Hall–Kier alpha value is -4.93. The Balaban J connectivity index is 0.000000984. The summed E-state index contributed by atoms with van der Waals surface area (Å²) in [6, 6.07) is 12.9. The number of hydrogen-bond donors (Lipinski definition) is 6. The number of hydrogen-bond acceptors (Lipinski definition) is 7. The molecule has 3 rings (SSSR count). The Morgan fingerprint density at radius 3 is 1.35 bits per heavy atom. The molecular weight excluding hydrogens is 906 g/mol. The van der Waals surface area contributed by atoms with E-state index in [-0.39, 0.29) is 56.4 Å². The number of alkyl halides is 6. The minimum Gasteiger partial charge on any atom is -0.475 e. The number of carboxylic acid groups (broad SMARTS) is 2. The fourth-order valence-electron chi connectivity index (χ4n) is 5.09. The summed E-state index contributed by atoms with van der Waals surface area (Å²) in [5, 5.41) is 14.2. The van der Waals surface area contributed by atoms with Crippen LogP contribution in [0.1, 0.15) is 50.3 Å². The van der Waals surface area contributed by atoms with Gasteiger partial charge in [-0.15, -0.1) is 0 Å². The van der Waals surface area contributed by atoms with Gasteiger partial charge in [-0.05, 0) is 66.0 Å². The van der Waals surface area contributed by atoms with E-state index in [4.69, 9.17) is 42.7 Å². The number of aliphatic carboxylic acids is 2. The van der Waals surface area contributed by atoms with Crippen LogP contribution in [0.4, 0.5) is 31.1 Å². The van der Waals surface area contributed by atoms with Crippen LogP contribution in [0.25, 0.3) is 0 Å². The van der Waals surface area contributed by atoms with Gasteiger partial charge in [0.05, 0.1) is 0 Å². The van der Waals surface area contributed by atoms with Crippen LogP contribution in [0.3, 0.4) is 0 Å². The molecular formula is C34H42Br2F6N8O7. The van der Waals surface area contributed by atoms with Gasteiger partial charge in [0.25, 0.3) is 0 Å². The predicted molar refractivity (Wildman–Crippen MR) is 204 cm³/mol. The van der Waals surface area contributed by atoms with Gasteiger partial charge < -0.3 is 33.1 Å². The summed E-state index contributed by atoms with van der Waals surface area (Å²) in [4.78, 5) is 70.7. The van der Waals surface area contributed by atoms with Crippen LogP contribution in [-0.4, -0.2) is 100 Å². The summed E-state index contributed by atoms with van der Waals surface area (Å²) >= 11 is 7.04. The Bertz CT molecular complexity index is 1720. The Labute approximate surface area is 339 Å². The molecule has 1 fully saturated rings.